The molecule has 2 aromatic carbocycles. The minimum absolute atomic E-state index is 0.239. The number of hydrogen-bond donors (Lipinski definition) is 1. The summed E-state index contributed by atoms with van der Waals surface area (Å²) in [5.41, 5.74) is 9.27. The van der Waals surface area contributed by atoms with E-state index in [0.717, 1.165) is 27.6 Å². The van der Waals surface area contributed by atoms with Gasteiger partial charge in [0.2, 0.25) is 0 Å². The van der Waals surface area contributed by atoms with Crippen LogP contribution in [0.25, 0.3) is 11.3 Å². The summed E-state index contributed by atoms with van der Waals surface area (Å²) in [6.07, 6.45) is 0. The van der Waals surface area contributed by atoms with Gasteiger partial charge in [0.05, 0.1) is 18.8 Å². The van der Waals surface area contributed by atoms with Crippen LogP contribution >= 0.6 is 22.9 Å². The standard InChI is InChI=1S/C17H15ClN2OS/c1-21-14-8-4-12(5-9-14)16(19)17-20-15(10-22-17)11-2-6-13(18)7-3-11/h2-10,16H,19H2,1H3. The molecule has 0 radical (unpaired) electrons. The van der Waals surface area contributed by atoms with E-state index in [0.29, 0.717) is 5.02 Å². The fraction of sp³-hybridized carbons (Fsp3) is 0.118. The van der Waals surface area contributed by atoms with Crippen molar-refractivity contribution in [2.75, 3.05) is 7.11 Å². The molecule has 3 nitrogen and oxygen atoms in total. The third-order valence-corrected chi connectivity index (χ3v) is 4.58. The van der Waals surface area contributed by atoms with Gasteiger partial charge in [0, 0.05) is 16.0 Å². The molecule has 0 fully saturated rings. The Balaban J connectivity index is 1.84. The lowest BCUT2D eigenvalue weighted by molar-refractivity contribution is 0.414. The maximum atomic E-state index is 6.31. The maximum Gasteiger partial charge on any atom is 0.118 e. The highest BCUT2D eigenvalue weighted by molar-refractivity contribution is 7.10. The zero-order valence-electron chi connectivity index (χ0n) is 12.0. The molecule has 0 saturated carbocycles. The first-order valence-electron chi connectivity index (χ1n) is 6.78. The van der Waals surface area contributed by atoms with Gasteiger partial charge in [-0.3, -0.25) is 0 Å². The minimum Gasteiger partial charge on any atom is -0.497 e. The average Bonchev–Trinajstić information content (AvgIpc) is 3.05. The molecule has 0 saturated heterocycles. The van der Waals surface area contributed by atoms with Crippen LogP contribution in [-0.4, -0.2) is 12.1 Å². The Bertz CT molecular complexity index is 753. The highest BCUT2D eigenvalue weighted by atomic mass is 35.5. The van der Waals surface area contributed by atoms with E-state index < -0.39 is 0 Å². The number of hydrogen-bond acceptors (Lipinski definition) is 4. The minimum atomic E-state index is -0.239. The number of thiazole rings is 1. The molecule has 112 valence electrons. The van der Waals surface area contributed by atoms with Gasteiger partial charge < -0.3 is 10.5 Å². The summed E-state index contributed by atoms with van der Waals surface area (Å²) in [6, 6.07) is 15.1. The lowest BCUT2D eigenvalue weighted by atomic mass is 10.1. The van der Waals surface area contributed by atoms with Crippen LogP contribution in [0.1, 0.15) is 16.6 Å². The van der Waals surface area contributed by atoms with Crippen LogP contribution in [0, 0.1) is 0 Å². The first-order valence-corrected chi connectivity index (χ1v) is 8.04. The molecule has 0 aliphatic carbocycles. The molecule has 0 bridgehead atoms. The van der Waals surface area contributed by atoms with Crippen molar-refractivity contribution < 1.29 is 4.74 Å². The van der Waals surface area contributed by atoms with Crippen LogP contribution in [0.2, 0.25) is 5.02 Å². The Kier molecular flexibility index (Phi) is 4.43. The highest BCUT2D eigenvalue weighted by Gasteiger charge is 2.14. The zero-order chi connectivity index (χ0) is 15.5. The van der Waals surface area contributed by atoms with E-state index in [1.165, 1.54) is 0 Å². The van der Waals surface area contributed by atoms with Gasteiger partial charge in [0.1, 0.15) is 10.8 Å². The summed E-state index contributed by atoms with van der Waals surface area (Å²) in [6.45, 7) is 0. The average molecular weight is 331 g/mol. The first-order chi connectivity index (χ1) is 10.7. The van der Waals surface area contributed by atoms with Crippen LogP contribution in [0.4, 0.5) is 0 Å². The third kappa shape index (κ3) is 3.14. The van der Waals surface area contributed by atoms with E-state index >= 15 is 0 Å². The number of rotatable bonds is 4. The van der Waals surface area contributed by atoms with Crippen LogP contribution in [-0.2, 0) is 0 Å². The zero-order valence-corrected chi connectivity index (χ0v) is 13.6. The molecular weight excluding hydrogens is 316 g/mol. The summed E-state index contributed by atoms with van der Waals surface area (Å²) in [4.78, 5) is 4.65. The molecule has 0 aliphatic heterocycles. The Morgan fingerprint density at radius 2 is 1.77 bits per heavy atom. The third-order valence-electron chi connectivity index (χ3n) is 3.40. The van der Waals surface area contributed by atoms with Crippen molar-refractivity contribution >= 4 is 22.9 Å². The number of methoxy groups -OCH3 is 1. The molecular formula is C17H15ClN2OS. The van der Waals surface area contributed by atoms with Gasteiger partial charge in [-0.15, -0.1) is 11.3 Å². The SMILES string of the molecule is COc1ccc(C(N)c2nc(-c3ccc(Cl)cc3)cs2)cc1. The summed E-state index contributed by atoms with van der Waals surface area (Å²) >= 11 is 7.47. The smallest absolute Gasteiger partial charge is 0.118 e. The monoisotopic (exact) mass is 330 g/mol. The summed E-state index contributed by atoms with van der Waals surface area (Å²) in [5, 5.41) is 3.62. The van der Waals surface area contributed by atoms with Crippen LogP contribution < -0.4 is 10.5 Å². The van der Waals surface area contributed by atoms with Crippen molar-refractivity contribution in [3.05, 3.63) is 69.5 Å². The largest absolute Gasteiger partial charge is 0.497 e. The fourth-order valence-electron chi connectivity index (χ4n) is 2.14. The van der Waals surface area contributed by atoms with E-state index in [1.807, 2.05) is 53.9 Å². The molecule has 1 unspecified atom stereocenters. The lowest BCUT2D eigenvalue weighted by Crippen LogP contribution is -2.11. The number of nitrogens with two attached hydrogens (primary N) is 1. The molecule has 22 heavy (non-hydrogen) atoms. The van der Waals surface area contributed by atoms with E-state index in [9.17, 15) is 0 Å². The molecule has 1 heterocycles. The molecule has 1 aromatic heterocycles. The summed E-state index contributed by atoms with van der Waals surface area (Å²) in [7, 11) is 1.65. The van der Waals surface area contributed by atoms with Crippen molar-refractivity contribution in [2.24, 2.45) is 5.73 Å². The Labute approximate surface area is 138 Å². The number of benzene rings is 2. The molecule has 1 atom stereocenters. The molecule has 5 heteroatoms. The lowest BCUT2D eigenvalue weighted by Gasteiger charge is -2.09. The summed E-state index contributed by atoms with van der Waals surface area (Å²) in [5.74, 6) is 0.817. The fourth-order valence-corrected chi connectivity index (χ4v) is 3.12. The van der Waals surface area contributed by atoms with Gasteiger partial charge in [-0.2, -0.15) is 0 Å². The van der Waals surface area contributed by atoms with E-state index in [2.05, 4.69) is 4.98 Å². The van der Waals surface area contributed by atoms with E-state index in [4.69, 9.17) is 22.1 Å². The Morgan fingerprint density at radius 1 is 1.09 bits per heavy atom. The Hall–Kier alpha value is -1.88. The van der Waals surface area contributed by atoms with Crippen LogP contribution in [0.5, 0.6) is 5.75 Å². The van der Waals surface area contributed by atoms with E-state index in [1.54, 1.807) is 18.4 Å². The number of aromatic nitrogens is 1. The van der Waals surface area contributed by atoms with Crippen molar-refractivity contribution in [3.8, 4) is 17.0 Å². The molecule has 2 N–H and O–H groups in total. The normalized spacial score (nSPS) is 12.1. The van der Waals surface area contributed by atoms with Crippen molar-refractivity contribution in [2.45, 2.75) is 6.04 Å². The van der Waals surface area contributed by atoms with Gasteiger partial charge >= 0.3 is 0 Å². The van der Waals surface area contributed by atoms with Gasteiger partial charge in [-0.05, 0) is 29.8 Å². The number of halogens is 1. The van der Waals surface area contributed by atoms with Crippen molar-refractivity contribution in [3.63, 3.8) is 0 Å². The quantitative estimate of drug-likeness (QED) is 0.765. The van der Waals surface area contributed by atoms with Gasteiger partial charge in [0.15, 0.2) is 0 Å². The second-order valence-electron chi connectivity index (χ2n) is 4.83. The second kappa shape index (κ2) is 6.48. The van der Waals surface area contributed by atoms with Crippen molar-refractivity contribution in [1.29, 1.82) is 0 Å². The second-order valence-corrected chi connectivity index (χ2v) is 6.15. The molecule has 3 aromatic rings. The molecule has 3 rings (SSSR count). The summed E-state index contributed by atoms with van der Waals surface area (Å²) < 4.78 is 5.16. The molecule has 0 amide bonds. The maximum absolute atomic E-state index is 6.31. The highest BCUT2D eigenvalue weighted by Crippen LogP contribution is 2.29. The number of nitrogens with zero attached hydrogens (tertiary/aromatic N) is 1. The Morgan fingerprint density at radius 3 is 2.41 bits per heavy atom. The van der Waals surface area contributed by atoms with Gasteiger partial charge in [-0.1, -0.05) is 35.9 Å². The molecule has 0 spiro atoms. The first kappa shape index (κ1) is 15.0. The van der Waals surface area contributed by atoms with Crippen molar-refractivity contribution in [1.82, 2.24) is 4.98 Å². The van der Waals surface area contributed by atoms with Gasteiger partial charge in [-0.25, -0.2) is 4.98 Å². The van der Waals surface area contributed by atoms with E-state index in [-0.39, 0.29) is 6.04 Å². The van der Waals surface area contributed by atoms with Crippen LogP contribution in [0.3, 0.4) is 0 Å². The topological polar surface area (TPSA) is 48.1 Å². The number of ether oxygens (including phenoxy) is 1. The molecule has 0 aliphatic rings. The van der Waals surface area contributed by atoms with Crippen LogP contribution in [0.15, 0.2) is 53.9 Å². The van der Waals surface area contributed by atoms with Gasteiger partial charge in [0.25, 0.3) is 0 Å². The predicted molar refractivity (Wildman–Crippen MR) is 91.6 cm³/mol. The predicted octanol–water partition coefficient (Wildman–Crippen LogP) is 4.52.